The highest BCUT2D eigenvalue weighted by atomic mass is 16.5. The Kier molecular flexibility index (Phi) is 5.94. The van der Waals surface area contributed by atoms with E-state index in [2.05, 4.69) is 9.97 Å². The van der Waals surface area contributed by atoms with Gasteiger partial charge in [0.2, 0.25) is 17.9 Å². The molecule has 0 aliphatic heterocycles. The third kappa shape index (κ3) is 4.12. The number of aromatic nitrogens is 2. The molecule has 1 aromatic heterocycles. The largest absolute Gasteiger partial charge is 0.481 e. The third-order valence-corrected chi connectivity index (χ3v) is 4.44. The van der Waals surface area contributed by atoms with Crippen LogP contribution in [0.5, 0.6) is 17.8 Å². The molecule has 2 aromatic carbocycles. The predicted molar refractivity (Wildman–Crippen MR) is 105 cm³/mol. The van der Waals surface area contributed by atoms with Crippen molar-refractivity contribution in [2.45, 2.75) is 11.6 Å². The molecular formula is C21H21N3O5. The number of methoxy groups -OCH3 is 2. The fourth-order valence-electron chi connectivity index (χ4n) is 2.99. The molecule has 3 N–H and O–H groups in total. The van der Waals surface area contributed by atoms with Crippen LogP contribution in [-0.4, -0.2) is 41.4 Å². The average Bonchev–Trinajstić information content (AvgIpc) is 2.77. The third-order valence-electron chi connectivity index (χ3n) is 4.44. The van der Waals surface area contributed by atoms with Crippen molar-refractivity contribution in [1.82, 2.24) is 9.97 Å². The van der Waals surface area contributed by atoms with Gasteiger partial charge in [-0.15, -0.1) is 0 Å². The van der Waals surface area contributed by atoms with E-state index in [-0.39, 0.29) is 17.8 Å². The summed E-state index contributed by atoms with van der Waals surface area (Å²) in [6.45, 7) is 0. The number of carbonyl (C=O) groups is 1. The molecule has 0 saturated heterocycles. The summed E-state index contributed by atoms with van der Waals surface area (Å²) < 4.78 is 15.9. The lowest BCUT2D eigenvalue weighted by Crippen LogP contribution is -2.55. The van der Waals surface area contributed by atoms with Gasteiger partial charge in [0.1, 0.15) is 5.54 Å². The number of benzene rings is 2. The Hall–Kier alpha value is -3.65. The van der Waals surface area contributed by atoms with Crippen molar-refractivity contribution in [2.24, 2.45) is 5.73 Å². The van der Waals surface area contributed by atoms with Crippen LogP contribution >= 0.6 is 0 Å². The maximum atomic E-state index is 12.3. The Morgan fingerprint density at radius 3 is 1.76 bits per heavy atom. The first-order chi connectivity index (χ1) is 14.0. The molecule has 0 bridgehead atoms. The van der Waals surface area contributed by atoms with Gasteiger partial charge in [0.05, 0.1) is 20.3 Å². The van der Waals surface area contributed by atoms with E-state index in [4.69, 9.17) is 19.9 Å². The van der Waals surface area contributed by atoms with Crippen molar-refractivity contribution < 1.29 is 24.1 Å². The van der Waals surface area contributed by atoms with E-state index >= 15 is 0 Å². The summed E-state index contributed by atoms with van der Waals surface area (Å²) in [5.74, 6) is -0.943. The molecule has 8 heteroatoms. The number of carboxylic acids is 1. The zero-order chi connectivity index (χ0) is 20.9. The summed E-state index contributed by atoms with van der Waals surface area (Å²) in [5.41, 5.74) is 6.36. The average molecular weight is 395 g/mol. The van der Waals surface area contributed by atoms with Crippen LogP contribution in [0.25, 0.3) is 0 Å². The highest BCUT2D eigenvalue weighted by molar-refractivity contribution is 5.76. The molecule has 150 valence electrons. The van der Waals surface area contributed by atoms with E-state index < -0.39 is 17.6 Å². The number of aliphatic carboxylic acids is 1. The van der Waals surface area contributed by atoms with Gasteiger partial charge in [-0.1, -0.05) is 60.7 Å². The zero-order valence-electron chi connectivity index (χ0n) is 16.0. The second kappa shape index (κ2) is 8.57. The highest BCUT2D eigenvalue weighted by Gasteiger charge is 2.45. The van der Waals surface area contributed by atoms with Gasteiger partial charge in [0.25, 0.3) is 0 Å². The van der Waals surface area contributed by atoms with Crippen LogP contribution in [0.15, 0.2) is 66.7 Å². The highest BCUT2D eigenvalue weighted by Crippen LogP contribution is 2.33. The SMILES string of the molecule is COc1cc(OC)nc(OC(C(=O)O)C(N)(c2ccccc2)c2ccccc2)n1. The summed E-state index contributed by atoms with van der Waals surface area (Å²) in [7, 11) is 2.84. The smallest absolute Gasteiger partial charge is 0.347 e. The Labute approximate surface area is 167 Å². The van der Waals surface area contributed by atoms with E-state index in [1.54, 1.807) is 48.5 Å². The van der Waals surface area contributed by atoms with Crippen molar-refractivity contribution in [3.63, 3.8) is 0 Å². The summed E-state index contributed by atoms with van der Waals surface area (Å²) >= 11 is 0. The van der Waals surface area contributed by atoms with Gasteiger partial charge in [0, 0.05) is 0 Å². The minimum atomic E-state index is -1.54. The van der Waals surface area contributed by atoms with E-state index in [1.807, 2.05) is 12.1 Å². The number of carboxylic acid groups (broad SMARTS) is 1. The van der Waals surface area contributed by atoms with Crippen molar-refractivity contribution in [1.29, 1.82) is 0 Å². The van der Waals surface area contributed by atoms with Gasteiger partial charge in [-0.25, -0.2) is 4.79 Å². The maximum Gasteiger partial charge on any atom is 0.347 e. The van der Waals surface area contributed by atoms with Gasteiger partial charge >= 0.3 is 12.0 Å². The first-order valence-electron chi connectivity index (χ1n) is 8.75. The lowest BCUT2D eigenvalue weighted by Gasteiger charge is -2.35. The van der Waals surface area contributed by atoms with Crippen molar-refractivity contribution in [3.8, 4) is 17.8 Å². The van der Waals surface area contributed by atoms with Crippen LogP contribution < -0.4 is 19.9 Å². The van der Waals surface area contributed by atoms with Gasteiger partial charge in [0.15, 0.2) is 0 Å². The Morgan fingerprint density at radius 2 is 1.38 bits per heavy atom. The lowest BCUT2D eigenvalue weighted by atomic mass is 9.79. The number of nitrogens with two attached hydrogens (primary N) is 1. The molecule has 0 spiro atoms. The summed E-state index contributed by atoms with van der Waals surface area (Å²) in [6.07, 6.45) is -1.54. The standard InChI is InChI=1S/C21H21N3O5/c1-27-16-13-17(28-2)24-20(23-16)29-18(19(25)26)21(22,14-9-5-3-6-10-14)15-11-7-4-8-12-15/h3-13,18H,22H2,1-2H3,(H,25,26). The van der Waals surface area contributed by atoms with Crippen LogP contribution in [0, 0.1) is 0 Å². The van der Waals surface area contributed by atoms with E-state index in [0.717, 1.165) is 0 Å². The van der Waals surface area contributed by atoms with Crippen molar-refractivity contribution >= 4 is 5.97 Å². The minimum absolute atomic E-state index is 0.165. The molecule has 1 heterocycles. The van der Waals surface area contributed by atoms with Gasteiger partial charge < -0.3 is 25.1 Å². The molecular weight excluding hydrogens is 374 g/mol. The van der Waals surface area contributed by atoms with Crippen LogP contribution in [0.3, 0.4) is 0 Å². The Morgan fingerprint density at radius 1 is 0.931 bits per heavy atom. The molecule has 3 rings (SSSR count). The summed E-state index contributed by atoms with van der Waals surface area (Å²) in [5, 5.41) is 10.0. The molecule has 0 amide bonds. The number of nitrogens with zero attached hydrogens (tertiary/aromatic N) is 2. The van der Waals surface area contributed by atoms with Crippen LogP contribution in [-0.2, 0) is 10.3 Å². The Bertz CT molecular complexity index is 905. The van der Waals surface area contributed by atoms with Gasteiger partial charge in [-0.2, -0.15) is 9.97 Å². The second-order valence-electron chi connectivity index (χ2n) is 6.17. The van der Waals surface area contributed by atoms with Crippen molar-refractivity contribution in [2.75, 3.05) is 14.2 Å². The fourth-order valence-corrected chi connectivity index (χ4v) is 2.99. The number of rotatable bonds is 8. The van der Waals surface area contributed by atoms with Gasteiger partial charge in [-0.3, -0.25) is 0 Å². The molecule has 29 heavy (non-hydrogen) atoms. The minimum Gasteiger partial charge on any atom is -0.481 e. The maximum absolute atomic E-state index is 12.3. The molecule has 0 fully saturated rings. The molecule has 1 unspecified atom stereocenters. The molecule has 0 aliphatic carbocycles. The number of hydrogen-bond acceptors (Lipinski definition) is 7. The molecule has 3 aromatic rings. The number of hydrogen-bond donors (Lipinski definition) is 2. The predicted octanol–water partition coefficient (Wildman–Crippen LogP) is 2.23. The molecule has 0 radical (unpaired) electrons. The second-order valence-corrected chi connectivity index (χ2v) is 6.17. The summed E-state index contributed by atoms with van der Waals surface area (Å²) in [6, 6.07) is 19.0. The zero-order valence-corrected chi connectivity index (χ0v) is 16.0. The van der Waals surface area contributed by atoms with Crippen LogP contribution in [0.2, 0.25) is 0 Å². The first kappa shape index (κ1) is 20.1. The van der Waals surface area contributed by atoms with Gasteiger partial charge in [-0.05, 0) is 11.1 Å². The normalized spacial score (nSPS) is 12.1. The Balaban J connectivity index is 2.13. The fraction of sp³-hybridized carbons (Fsp3) is 0.190. The lowest BCUT2D eigenvalue weighted by molar-refractivity contribution is -0.148. The molecule has 0 saturated carbocycles. The molecule has 0 aliphatic rings. The first-order valence-corrected chi connectivity index (χ1v) is 8.75. The van der Waals surface area contributed by atoms with E-state index in [9.17, 15) is 9.90 Å². The topological polar surface area (TPSA) is 117 Å². The summed E-state index contributed by atoms with van der Waals surface area (Å²) in [4.78, 5) is 20.4. The molecule has 8 nitrogen and oxygen atoms in total. The van der Waals surface area contributed by atoms with E-state index in [1.165, 1.54) is 20.3 Å². The van der Waals surface area contributed by atoms with Crippen molar-refractivity contribution in [3.05, 3.63) is 77.9 Å². The monoisotopic (exact) mass is 395 g/mol. The number of ether oxygens (including phenoxy) is 3. The quantitative estimate of drug-likeness (QED) is 0.596. The van der Waals surface area contributed by atoms with Crippen LogP contribution in [0.4, 0.5) is 0 Å². The van der Waals surface area contributed by atoms with Crippen LogP contribution in [0.1, 0.15) is 11.1 Å². The van der Waals surface area contributed by atoms with E-state index in [0.29, 0.717) is 11.1 Å². The molecule has 1 atom stereocenters.